The molecule has 1 aromatic rings. The minimum Gasteiger partial charge on any atom is -0.341 e. The molecule has 2 bridgehead atoms. The normalized spacial score (nSPS) is 28.1. The molecule has 5 rings (SSSR count). The van der Waals surface area contributed by atoms with Gasteiger partial charge in [0.25, 0.3) is 0 Å². The second-order valence-corrected chi connectivity index (χ2v) is 7.49. The van der Waals surface area contributed by atoms with E-state index in [1.807, 2.05) is 6.92 Å². The fourth-order valence-corrected chi connectivity index (χ4v) is 4.05. The number of piperidine rings is 1. The molecule has 0 N–H and O–H groups in total. The van der Waals surface area contributed by atoms with E-state index in [0.29, 0.717) is 24.9 Å². The summed E-state index contributed by atoms with van der Waals surface area (Å²) in [6.07, 6.45) is 5.84. The Balaban J connectivity index is 1.35. The van der Waals surface area contributed by atoms with Crippen LogP contribution in [0.25, 0.3) is 0 Å². The number of hydrogen-bond donors (Lipinski definition) is 0. The first-order chi connectivity index (χ1) is 11.2. The van der Waals surface area contributed by atoms with Crippen molar-refractivity contribution in [1.29, 1.82) is 0 Å². The van der Waals surface area contributed by atoms with Gasteiger partial charge in [-0.25, -0.2) is 4.68 Å². The van der Waals surface area contributed by atoms with Crippen LogP contribution < -0.4 is 0 Å². The molecule has 0 aromatic carbocycles. The molecular formula is C16H26N6O. The zero-order chi connectivity index (χ0) is 15.8. The summed E-state index contributed by atoms with van der Waals surface area (Å²) in [6, 6.07) is 0.577. The fourth-order valence-electron chi connectivity index (χ4n) is 4.05. The zero-order valence-electron chi connectivity index (χ0n) is 13.9. The molecule has 7 heteroatoms. The average molecular weight is 318 g/mol. The van der Waals surface area contributed by atoms with Gasteiger partial charge in [-0.3, -0.25) is 9.69 Å². The van der Waals surface area contributed by atoms with Crippen molar-refractivity contribution in [3.63, 3.8) is 0 Å². The molecule has 4 heterocycles. The Bertz CT molecular complexity index is 569. The molecule has 4 aliphatic rings. The lowest BCUT2D eigenvalue weighted by Crippen LogP contribution is -2.45. The van der Waals surface area contributed by atoms with Crippen molar-refractivity contribution in [2.45, 2.75) is 51.6 Å². The zero-order valence-corrected chi connectivity index (χ0v) is 13.9. The second kappa shape index (κ2) is 6.19. The van der Waals surface area contributed by atoms with Crippen LogP contribution in [0.5, 0.6) is 0 Å². The molecule has 1 aliphatic carbocycles. The van der Waals surface area contributed by atoms with Gasteiger partial charge in [-0.15, -0.1) is 5.10 Å². The lowest BCUT2D eigenvalue weighted by Gasteiger charge is -2.36. The molecule has 4 fully saturated rings. The van der Waals surface area contributed by atoms with Gasteiger partial charge in [0.2, 0.25) is 5.91 Å². The van der Waals surface area contributed by atoms with Gasteiger partial charge in [-0.05, 0) is 54.9 Å². The summed E-state index contributed by atoms with van der Waals surface area (Å²) in [7, 11) is 0. The maximum absolute atomic E-state index is 12.6. The van der Waals surface area contributed by atoms with Gasteiger partial charge >= 0.3 is 0 Å². The highest BCUT2D eigenvalue weighted by molar-refractivity contribution is 5.76. The minimum absolute atomic E-state index is 0.255. The van der Waals surface area contributed by atoms with E-state index in [-0.39, 0.29) is 5.91 Å². The minimum atomic E-state index is 0.255. The van der Waals surface area contributed by atoms with Gasteiger partial charge in [-0.1, -0.05) is 0 Å². The number of aromatic nitrogens is 4. The molecule has 3 aliphatic heterocycles. The number of aryl methyl sites for hydroxylation is 2. The Morgan fingerprint density at radius 3 is 2.78 bits per heavy atom. The Labute approximate surface area is 137 Å². The SMILES string of the molecule is Cc1nnnn1CCC(=O)N1C[C@@H]2CC[C@H](C1)N(CC1CC1)C2. The van der Waals surface area contributed by atoms with Gasteiger partial charge in [0.1, 0.15) is 5.82 Å². The third-order valence-corrected chi connectivity index (χ3v) is 5.62. The lowest BCUT2D eigenvalue weighted by atomic mass is 9.95. The maximum atomic E-state index is 12.6. The van der Waals surface area contributed by atoms with Crippen molar-refractivity contribution < 1.29 is 4.79 Å². The van der Waals surface area contributed by atoms with Crippen LogP contribution in [-0.4, -0.2) is 68.1 Å². The molecule has 2 atom stereocenters. The second-order valence-electron chi connectivity index (χ2n) is 7.49. The van der Waals surface area contributed by atoms with Crippen LogP contribution in [0.15, 0.2) is 0 Å². The summed E-state index contributed by atoms with van der Waals surface area (Å²) in [5, 5.41) is 11.4. The molecule has 0 radical (unpaired) electrons. The highest BCUT2D eigenvalue weighted by Crippen LogP contribution is 2.34. The predicted octanol–water partition coefficient (Wildman–Crippen LogP) is 0.704. The largest absolute Gasteiger partial charge is 0.341 e. The first-order valence-electron chi connectivity index (χ1n) is 8.93. The lowest BCUT2D eigenvalue weighted by molar-refractivity contribution is -0.131. The van der Waals surface area contributed by atoms with Crippen LogP contribution >= 0.6 is 0 Å². The highest BCUT2D eigenvalue weighted by atomic mass is 16.2. The molecule has 1 aromatic heterocycles. The number of carbonyl (C=O) groups excluding carboxylic acids is 1. The fraction of sp³-hybridized carbons (Fsp3) is 0.875. The van der Waals surface area contributed by atoms with Gasteiger partial charge in [0.15, 0.2) is 0 Å². The number of carbonyl (C=O) groups is 1. The highest BCUT2D eigenvalue weighted by Gasteiger charge is 2.38. The van der Waals surface area contributed by atoms with Crippen LogP contribution in [-0.2, 0) is 11.3 Å². The van der Waals surface area contributed by atoms with Crippen molar-refractivity contribution in [2.75, 3.05) is 26.2 Å². The van der Waals surface area contributed by atoms with Crippen molar-refractivity contribution in [3.8, 4) is 0 Å². The number of amides is 1. The van der Waals surface area contributed by atoms with E-state index in [9.17, 15) is 4.79 Å². The molecule has 7 nitrogen and oxygen atoms in total. The van der Waals surface area contributed by atoms with Crippen molar-refractivity contribution >= 4 is 5.91 Å². The molecule has 0 spiro atoms. The smallest absolute Gasteiger partial charge is 0.224 e. The van der Waals surface area contributed by atoms with Crippen LogP contribution in [0, 0.1) is 18.8 Å². The number of nitrogens with zero attached hydrogens (tertiary/aromatic N) is 6. The van der Waals surface area contributed by atoms with Gasteiger partial charge in [0, 0.05) is 38.6 Å². The molecule has 23 heavy (non-hydrogen) atoms. The maximum Gasteiger partial charge on any atom is 0.224 e. The van der Waals surface area contributed by atoms with E-state index in [4.69, 9.17) is 0 Å². The number of tetrazole rings is 1. The van der Waals surface area contributed by atoms with E-state index < -0.39 is 0 Å². The Kier molecular flexibility index (Phi) is 4.05. The molecule has 3 saturated heterocycles. The Morgan fingerprint density at radius 2 is 2.04 bits per heavy atom. The van der Waals surface area contributed by atoms with E-state index in [1.54, 1.807) is 4.68 Å². The Hall–Kier alpha value is -1.50. The summed E-state index contributed by atoms with van der Waals surface area (Å²) in [5.74, 6) is 2.61. The van der Waals surface area contributed by atoms with Crippen molar-refractivity contribution in [1.82, 2.24) is 30.0 Å². The molecule has 1 amide bonds. The number of fused-ring (bicyclic) bond motifs is 4. The summed E-state index contributed by atoms with van der Waals surface area (Å²) >= 11 is 0. The standard InChI is InChI=1S/C16H26N6O/c1-12-17-18-19-22(12)7-6-16(23)21-10-14-4-5-15(11-21)20(9-14)8-13-2-3-13/h13-15H,2-11H2,1H3/t14-,15-/m1/s1. The summed E-state index contributed by atoms with van der Waals surface area (Å²) in [4.78, 5) is 17.4. The molecule has 126 valence electrons. The summed E-state index contributed by atoms with van der Waals surface area (Å²) < 4.78 is 1.71. The third kappa shape index (κ3) is 3.39. The van der Waals surface area contributed by atoms with Gasteiger partial charge in [0.05, 0.1) is 6.54 Å². The van der Waals surface area contributed by atoms with E-state index in [1.165, 1.54) is 38.8 Å². The number of hydrogen-bond acceptors (Lipinski definition) is 5. The van der Waals surface area contributed by atoms with Crippen LogP contribution in [0.4, 0.5) is 0 Å². The van der Waals surface area contributed by atoms with Crippen LogP contribution in [0.2, 0.25) is 0 Å². The van der Waals surface area contributed by atoms with E-state index >= 15 is 0 Å². The molecular weight excluding hydrogens is 292 g/mol. The van der Waals surface area contributed by atoms with Crippen LogP contribution in [0.1, 0.15) is 37.9 Å². The molecule has 0 unspecified atom stereocenters. The topological polar surface area (TPSA) is 67.2 Å². The first kappa shape index (κ1) is 15.1. The summed E-state index contributed by atoms with van der Waals surface area (Å²) in [6.45, 7) is 6.74. The van der Waals surface area contributed by atoms with Gasteiger partial charge < -0.3 is 4.90 Å². The van der Waals surface area contributed by atoms with Crippen molar-refractivity contribution in [3.05, 3.63) is 5.82 Å². The monoisotopic (exact) mass is 318 g/mol. The third-order valence-electron chi connectivity index (χ3n) is 5.62. The van der Waals surface area contributed by atoms with E-state index in [0.717, 1.165) is 24.8 Å². The quantitative estimate of drug-likeness (QED) is 0.800. The average Bonchev–Trinajstić information content (AvgIpc) is 3.32. The van der Waals surface area contributed by atoms with E-state index in [2.05, 4.69) is 25.3 Å². The number of rotatable bonds is 5. The van der Waals surface area contributed by atoms with Crippen molar-refractivity contribution in [2.24, 2.45) is 11.8 Å². The van der Waals surface area contributed by atoms with Crippen LogP contribution in [0.3, 0.4) is 0 Å². The van der Waals surface area contributed by atoms with Gasteiger partial charge in [-0.2, -0.15) is 0 Å². The predicted molar refractivity (Wildman–Crippen MR) is 84.6 cm³/mol. The summed E-state index contributed by atoms with van der Waals surface area (Å²) in [5.41, 5.74) is 0. The Morgan fingerprint density at radius 1 is 1.17 bits per heavy atom. The first-order valence-corrected chi connectivity index (χ1v) is 8.93. The molecule has 1 saturated carbocycles.